The Morgan fingerprint density at radius 2 is 1.68 bits per heavy atom. The van der Waals surface area contributed by atoms with Crippen LogP contribution in [0.15, 0.2) is 42.5 Å². The third-order valence-corrected chi connectivity index (χ3v) is 2.76. The molecule has 0 atom stereocenters. The van der Waals surface area contributed by atoms with Crippen molar-refractivity contribution in [2.45, 2.75) is 13.0 Å². The maximum absolute atomic E-state index is 12.9. The molecule has 0 radical (unpaired) electrons. The lowest BCUT2D eigenvalue weighted by Gasteiger charge is -2.07. The molecule has 0 aliphatic carbocycles. The maximum atomic E-state index is 12.9. The lowest BCUT2D eigenvalue weighted by Crippen LogP contribution is -2.02. The number of ether oxygens (including phenoxy) is 1. The van der Waals surface area contributed by atoms with E-state index in [1.165, 1.54) is 12.1 Å². The fourth-order valence-electron chi connectivity index (χ4n) is 1.83. The fraction of sp³-hybridized carbons (Fsp3) is 0.200. The van der Waals surface area contributed by atoms with Crippen LogP contribution in [0.5, 0.6) is 0 Å². The molecule has 0 amide bonds. The standard InChI is InChI=1S/C15H15F2NO/c16-13-7-11(8-14(17)9-13)10-19-6-5-12-3-1-2-4-15(12)18/h1-4,7-9H,5-6,10,18H2. The molecule has 0 saturated carbocycles. The second-order valence-electron chi connectivity index (χ2n) is 4.28. The summed E-state index contributed by atoms with van der Waals surface area (Å²) in [7, 11) is 0. The van der Waals surface area contributed by atoms with Gasteiger partial charge in [0.2, 0.25) is 0 Å². The van der Waals surface area contributed by atoms with Gasteiger partial charge in [-0.1, -0.05) is 18.2 Å². The van der Waals surface area contributed by atoms with E-state index in [9.17, 15) is 8.78 Å². The second kappa shape index (κ2) is 6.29. The van der Waals surface area contributed by atoms with E-state index in [2.05, 4.69) is 0 Å². The molecule has 0 heterocycles. The first-order chi connectivity index (χ1) is 9.15. The number of halogens is 2. The molecule has 0 bridgehead atoms. The van der Waals surface area contributed by atoms with Crippen molar-refractivity contribution in [3.05, 3.63) is 65.2 Å². The summed E-state index contributed by atoms with van der Waals surface area (Å²) in [6, 6.07) is 10.9. The van der Waals surface area contributed by atoms with E-state index < -0.39 is 11.6 Å². The number of benzene rings is 2. The summed E-state index contributed by atoms with van der Waals surface area (Å²) in [5.74, 6) is -1.18. The number of rotatable bonds is 5. The highest BCUT2D eigenvalue weighted by atomic mass is 19.1. The smallest absolute Gasteiger partial charge is 0.126 e. The zero-order valence-electron chi connectivity index (χ0n) is 10.4. The molecule has 19 heavy (non-hydrogen) atoms. The van der Waals surface area contributed by atoms with Crippen molar-refractivity contribution >= 4 is 5.69 Å². The molecule has 2 N–H and O–H groups in total. The topological polar surface area (TPSA) is 35.2 Å². The van der Waals surface area contributed by atoms with E-state index >= 15 is 0 Å². The van der Waals surface area contributed by atoms with Crippen molar-refractivity contribution in [3.63, 3.8) is 0 Å². The first kappa shape index (κ1) is 13.5. The van der Waals surface area contributed by atoms with Gasteiger partial charge < -0.3 is 10.5 Å². The van der Waals surface area contributed by atoms with Crippen LogP contribution in [-0.2, 0) is 17.8 Å². The Kier molecular flexibility index (Phi) is 4.47. The third-order valence-electron chi connectivity index (χ3n) is 2.76. The molecule has 2 aromatic rings. The predicted molar refractivity (Wildman–Crippen MR) is 70.6 cm³/mol. The lowest BCUT2D eigenvalue weighted by atomic mass is 10.1. The summed E-state index contributed by atoms with van der Waals surface area (Å²) in [5.41, 5.74) is 8.02. The van der Waals surface area contributed by atoms with Gasteiger partial charge in [-0.25, -0.2) is 8.78 Å². The average molecular weight is 263 g/mol. The molecule has 0 aliphatic rings. The van der Waals surface area contributed by atoms with Gasteiger partial charge in [0.05, 0.1) is 13.2 Å². The van der Waals surface area contributed by atoms with Crippen molar-refractivity contribution in [2.75, 3.05) is 12.3 Å². The Bertz CT molecular complexity index is 537. The van der Waals surface area contributed by atoms with Gasteiger partial charge in [0.1, 0.15) is 11.6 Å². The largest absolute Gasteiger partial charge is 0.399 e. The number of hydrogen-bond acceptors (Lipinski definition) is 2. The predicted octanol–water partition coefficient (Wildman–Crippen LogP) is 3.31. The number of hydrogen-bond donors (Lipinski definition) is 1. The van der Waals surface area contributed by atoms with Crippen LogP contribution in [0, 0.1) is 11.6 Å². The Labute approximate surface area is 110 Å². The first-order valence-corrected chi connectivity index (χ1v) is 6.01. The van der Waals surface area contributed by atoms with Gasteiger partial charge in [-0.15, -0.1) is 0 Å². The normalized spacial score (nSPS) is 10.6. The molecule has 100 valence electrons. The van der Waals surface area contributed by atoms with Gasteiger partial charge in [-0.3, -0.25) is 0 Å². The third kappa shape index (κ3) is 4.03. The Morgan fingerprint density at radius 3 is 2.37 bits per heavy atom. The van der Waals surface area contributed by atoms with Crippen LogP contribution in [0.3, 0.4) is 0 Å². The van der Waals surface area contributed by atoms with Crippen LogP contribution in [0.1, 0.15) is 11.1 Å². The zero-order valence-corrected chi connectivity index (χ0v) is 10.4. The van der Waals surface area contributed by atoms with E-state index in [1.807, 2.05) is 24.3 Å². The van der Waals surface area contributed by atoms with Crippen LogP contribution >= 0.6 is 0 Å². The number of nitrogens with two attached hydrogens (primary N) is 1. The summed E-state index contributed by atoms with van der Waals surface area (Å²) >= 11 is 0. The van der Waals surface area contributed by atoms with E-state index in [1.54, 1.807) is 0 Å². The zero-order chi connectivity index (χ0) is 13.7. The molecule has 0 unspecified atom stereocenters. The summed E-state index contributed by atoms with van der Waals surface area (Å²) in [6.45, 7) is 0.633. The monoisotopic (exact) mass is 263 g/mol. The molecule has 0 aromatic heterocycles. The van der Waals surface area contributed by atoms with E-state index in [0.29, 0.717) is 18.6 Å². The Balaban J connectivity index is 1.82. The molecule has 2 rings (SSSR count). The van der Waals surface area contributed by atoms with Crippen LogP contribution in [-0.4, -0.2) is 6.61 Å². The van der Waals surface area contributed by atoms with E-state index in [4.69, 9.17) is 10.5 Å². The van der Waals surface area contributed by atoms with E-state index in [-0.39, 0.29) is 6.61 Å². The highest BCUT2D eigenvalue weighted by molar-refractivity contribution is 5.46. The van der Waals surface area contributed by atoms with Crippen molar-refractivity contribution in [2.24, 2.45) is 0 Å². The minimum absolute atomic E-state index is 0.182. The van der Waals surface area contributed by atoms with Crippen molar-refractivity contribution in [1.29, 1.82) is 0 Å². The summed E-state index contributed by atoms with van der Waals surface area (Å²) in [6.07, 6.45) is 0.671. The van der Waals surface area contributed by atoms with Crippen LogP contribution in [0.25, 0.3) is 0 Å². The molecule has 0 spiro atoms. The first-order valence-electron chi connectivity index (χ1n) is 6.01. The maximum Gasteiger partial charge on any atom is 0.126 e. The summed E-state index contributed by atoms with van der Waals surface area (Å²) < 4.78 is 31.3. The minimum atomic E-state index is -0.592. The molecular weight excluding hydrogens is 248 g/mol. The Morgan fingerprint density at radius 1 is 1.00 bits per heavy atom. The lowest BCUT2D eigenvalue weighted by molar-refractivity contribution is 0.123. The summed E-state index contributed by atoms with van der Waals surface area (Å²) in [4.78, 5) is 0. The van der Waals surface area contributed by atoms with Crippen LogP contribution in [0.4, 0.5) is 14.5 Å². The molecule has 4 heteroatoms. The van der Waals surface area contributed by atoms with Gasteiger partial charge in [-0.2, -0.15) is 0 Å². The molecule has 2 nitrogen and oxygen atoms in total. The number of anilines is 1. The van der Waals surface area contributed by atoms with Gasteiger partial charge in [0.25, 0.3) is 0 Å². The highest BCUT2D eigenvalue weighted by Gasteiger charge is 2.02. The van der Waals surface area contributed by atoms with Crippen LogP contribution < -0.4 is 5.73 Å². The molecule has 2 aromatic carbocycles. The molecule has 0 saturated heterocycles. The Hall–Kier alpha value is -1.94. The van der Waals surface area contributed by atoms with Gasteiger partial charge in [0, 0.05) is 11.8 Å². The van der Waals surface area contributed by atoms with Gasteiger partial charge in [-0.05, 0) is 35.7 Å². The van der Waals surface area contributed by atoms with Crippen molar-refractivity contribution < 1.29 is 13.5 Å². The number of para-hydroxylation sites is 1. The SMILES string of the molecule is Nc1ccccc1CCOCc1cc(F)cc(F)c1. The van der Waals surface area contributed by atoms with Crippen molar-refractivity contribution in [1.82, 2.24) is 0 Å². The molecule has 0 fully saturated rings. The molecule has 0 aliphatic heterocycles. The quantitative estimate of drug-likeness (QED) is 0.663. The highest BCUT2D eigenvalue weighted by Crippen LogP contribution is 2.12. The molecular formula is C15H15F2NO. The second-order valence-corrected chi connectivity index (χ2v) is 4.28. The number of nitrogen functional groups attached to an aromatic ring is 1. The van der Waals surface area contributed by atoms with E-state index in [0.717, 1.165) is 17.3 Å². The van der Waals surface area contributed by atoms with Crippen LogP contribution in [0.2, 0.25) is 0 Å². The fourth-order valence-corrected chi connectivity index (χ4v) is 1.83. The van der Waals surface area contributed by atoms with Gasteiger partial charge in [0.15, 0.2) is 0 Å². The minimum Gasteiger partial charge on any atom is -0.399 e. The average Bonchev–Trinajstić information content (AvgIpc) is 2.35. The summed E-state index contributed by atoms with van der Waals surface area (Å²) in [5, 5.41) is 0. The van der Waals surface area contributed by atoms with Crippen molar-refractivity contribution in [3.8, 4) is 0 Å². The van der Waals surface area contributed by atoms with Gasteiger partial charge >= 0.3 is 0 Å².